The summed E-state index contributed by atoms with van der Waals surface area (Å²) < 4.78 is 7.76. The number of piperidine rings is 1. The zero-order valence-corrected chi connectivity index (χ0v) is 14.5. The number of aromatic nitrogens is 2. The largest absolute Gasteiger partial charge is 0.373 e. The Bertz CT molecular complexity index is 575. The second-order valence-electron chi connectivity index (χ2n) is 7.75. The highest BCUT2D eigenvalue weighted by atomic mass is 16.5. The van der Waals surface area contributed by atoms with E-state index in [4.69, 9.17) is 4.74 Å². The lowest BCUT2D eigenvalue weighted by atomic mass is 9.89. The maximum absolute atomic E-state index is 12.7. The summed E-state index contributed by atoms with van der Waals surface area (Å²) in [5, 5.41) is 7.98. The highest BCUT2D eigenvalue weighted by Gasteiger charge is 2.35. The molecule has 1 aromatic heterocycles. The number of morpholine rings is 1. The first-order valence-electron chi connectivity index (χ1n) is 9.30. The van der Waals surface area contributed by atoms with Gasteiger partial charge >= 0.3 is 0 Å². The molecule has 24 heavy (non-hydrogen) atoms. The van der Waals surface area contributed by atoms with E-state index < -0.39 is 0 Å². The van der Waals surface area contributed by atoms with E-state index in [-0.39, 0.29) is 6.10 Å². The summed E-state index contributed by atoms with van der Waals surface area (Å²) in [6.45, 7) is 4.80. The standard InChI is InChI=1S/C18H28N4O2/c1-13-9-19-22(10-13)12-17-11-21(4-5-24-17)18(23)8-14-6-15-2-3-16(7-14)20-15/h9-10,14-17,20H,2-8,11-12H2,1H3. The van der Waals surface area contributed by atoms with Gasteiger partial charge in [0, 0.05) is 37.8 Å². The molecule has 1 N–H and O–H groups in total. The van der Waals surface area contributed by atoms with Crippen LogP contribution in [0.25, 0.3) is 0 Å². The molecule has 1 aromatic rings. The molecule has 3 unspecified atom stereocenters. The average Bonchev–Trinajstić information content (AvgIpc) is 3.12. The van der Waals surface area contributed by atoms with Crippen molar-refractivity contribution >= 4 is 5.91 Å². The summed E-state index contributed by atoms with van der Waals surface area (Å²) in [6.07, 6.45) is 9.56. The fourth-order valence-electron chi connectivity index (χ4n) is 4.55. The predicted octanol–water partition coefficient (Wildman–Crippen LogP) is 1.34. The van der Waals surface area contributed by atoms with Gasteiger partial charge in [0.15, 0.2) is 0 Å². The van der Waals surface area contributed by atoms with Crippen molar-refractivity contribution < 1.29 is 9.53 Å². The van der Waals surface area contributed by atoms with E-state index in [0.29, 0.717) is 43.5 Å². The molecule has 3 fully saturated rings. The molecule has 4 rings (SSSR count). The van der Waals surface area contributed by atoms with Gasteiger partial charge in [0.05, 0.1) is 25.5 Å². The number of nitrogens with one attached hydrogen (secondary N) is 1. The summed E-state index contributed by atoms with van der Waals surface area (Å²) in [4.78, 5) is 14.7. The number of hydrogen-bond acceptors (Lipinski definition) is 4. The molecule has 3 saturated heterocycles. The fraction of sp³-hybridized carbons (Fsp3) is 0.778. The van der Waals surface area contributed by atoms with Crippen molar-refractivity contribution in [2.24, 2.45) is 5.92 Å². The van der Waals surface area contributed by atoms with Gasteiger partial charge in [0.1, 0.15) is 0 Å². The van der Waals surface area contributed by atoms with Crippen molar-refractivity contribution in [2.45, 2.75) is 63.8 Å². The van der Waals surface area contributed by atoms with Crippen LogP contribution in [-0.4, -0.2) is 58.5 Å². The molecule has 0 aliphatic carbocycles. The number of amides is 1. The van der Waals surface area contributed by atoms with Crippen LogP contribution in [0.5, 0.6) is 0 Å². The number of aryl methyl sites for hydroxylation is 1. The topological polar surface area (TPSA) is 59.4 Å². The number of ether oxygens (including phenoxy) is 1. The van der Waals surface area contributed by atoms with Gasteiger partial charge in [-0.05, 0) is 44.1 Å². The highest BCUT2D eigenvalue weighted by molar-refractivity contribution is 5.76. The third-order valence-electron chi connectivity index (χ3n) is 5.68. The van der Waals surface area contributed by atoms with Crippen LogP contribution in [-0.2, 0) is 16.1 Å². The zero-order valence-electron chi connectivity index (χ0n) is 14.5. The van der Waals surface area contributed by atoms with E-state index in [2.05, 4.69) is 10.4 Å². The lowest BCUT2D eigenvalue weighted by molar-refractivity contribution is -0.140. The Morgan fingerprint density at radius 3 is 2.88 bits per heavy atom. The highest BCUT2D eigenvalue weighted by Crippen LogP contribution is 2.33. The fourth-order valence-corrected chi connectivity index (χ4v) is 4.55. The first-order valence-corrected chi connectivity index (χ1v) is 9.30. The molecule has 0 radical (unpaired) electrons. The first-order chi connectivity index (χ1) is 11.7. The van der Waals surface area contributed by atoms with E-state index in [1.165, 1.54) is 25.7 Å². The zero-order chi connectivity index (χ0) is 16.5. The lowest BCUT2D eigenvalue weighted by Crippen LogP contribution is -2.48. The Kier molecular flexibility index (Phi) is 4.59. The number of carbonyl (C=O) groups is 1. The summed E-state index contributed by atoms with van der Waals surface area (Å²) in [6, 6.07) is 1.31. The minimum Gasteiger partial charge on any atom is -0.373 e. The normalized spacial score (nSPS) is 33.0. The number of carbonyl (C=O) groups excluding carboxylic acids is 1. The molecule has 3 atom stereocenters. The van der Waals surface area contributed by atoms with Crippen molar-refractivity contribution in [3.05, 3.63) is 18.0 Å². The Labute approximate surface area is 143 Å². The van der Waals surface area contributed by atoms with Crippen molar-refractivity contribution in [3.8, 4) is 0 Å². The lowest BCUT2D eigenvalue weighted by Gasteiger charge is -2.35. The Hall–Kier alpha value is -1.40. The van der Waals surface area contributed by atoms with Crippen LogP contribution in [0.1, 0.15) is 37.7 Å². The van der Waals surface area contributed by atoms with Gasteiger partial charge in [-0.2, -0.15) is 5.10 Å². The third kappa shape index (κ3) is 3.64. The van der Waals surface area contributed by atoms with Crippen LogP contribution >= 0.6 is 0 Å². The van der Waals surface area contributed by atoms with Crippen LogP contribution in [0, 0.1) is 12.8 Å². The van der Waals surface area contributed by atoms with E-state index >= 15 is 0 Å². The van der Waals surface area contributed by atoms with E-state index in [1.54, 1.807) is 0 Å². The van der Waals surface area contributed by atoms with Gasteiger partial charge < -0.3 is 15.0 Å². The van der Waals surface area contributed by atoms with Crippen LogP contribution in [0.2, 0.25) is 0 Å². The van der Waals surface area contributed by atoms with E-state index in [0.717, 1.165) is 18.7 Å². The van der Waals surface area contributed by atoms with Gasteiger partial charge in [-0.25, -0.2) is 0 Å². The Morgan fingerprint density at radius 1 is 1.38 bits per heavy atom. The molecule has 0 spiro atoms. The Morgan fingerprint density at radius 2 is 2.17 bits per heavy atom. The molecule has 1 amide bonds. The van der Waals surface area contributed by atoms with Crippen molar-refractivity contribution in [3.63, 3.8) is 0 Å². The molecule has 2 bridgehead atoms. The van der Waals surface area contributed by atoms with Crippen molar-refractivity contribution in [1.29, 1.82) is 0 Å². The molecule has 132 valence electrons. The van der Waals surface area contributed by atoms with Gasteiger partial charge in [-0.3, -0.25) is 9.48 Å². The van der Waals surface area contributed by atoms with E-state index in [1.807, 2.05) is 28.9 Å². The summed E-state index contributed by atoms with van der Waals surface area (Å²) >= 11 is 0. The number of fused-ring (bicyclic) bond motifs is 2. The maximum atomic E-state index is 12.7. The summed E-state index contributed by atoms with van der Waals surface area (Å²) in [7, 11) is 0. The Balaban J connectivity index is 1.29. The molecule has 4 heterocycles. The molecule has 6 nitrogen and oxygen atoms in total. The first kappa shape index (κ1) is 16.1. The van der Waals surface area contributed by atoms with Gasteiger partial charge in [0.25, 0.3) is 0 Å². The monoisotopic (exact) mass is 332 g/mol. The minimum absolute atomic E-state index is 0.0474. The number of rotatable bonds is 4. The van der Waals surface area contributed by atoms with E-state index in [9.17, 15) is 4.79 Å². The molecule has 3 aliphatic heterocycles. The summed E-state index contributed by atoms with van der Waals surface area (Å²) in [5.74, 6) is 0.873. The maximum Gasteiger partial charge on any atom is 0.223 e. The van der Waals surface area contributed by atoms with Crippen molar-refractivity contribution in [2.75, 3.05) is 19.7 Å². The van der Waals surface area contributed by atoms with Crippen LogP contribution in [0.15, 0.2) is 12.4 Å². The van der Waals surface area contributed by atoms with Gasteiger partial charge in [-0.15, -0.1) is 0 Å². The SMILES string of the molecule is Cc1cnn(CC2CN(C(=O)CC3CC4CCC(C3)N4)CCO2)c1. The van der Waals surface area contributed by atoms with Crippen LogP contribution in [0.3, 0.4) is 0 Å². The molecular formula is C18H28N4O2. The number of hydrogen-bond donors (Lipinski definition) is 1. The summed E-state index contributed by atoms with van der Waals surface area (Å²) in [5.41, 5.74) is 1.15. The molecule has 0 saturated carbocycles. The van der Waals surface area contributed by atoms with Gasteiger partial charge in [-0.1, -0.05) is 0 Å². The molecule has 3 aliphatic rings. The minimum atomic E-state index is 0.0474. The molecule has 0 aromatic carbocycles. The second kappa shape index (κ2) is 6.84. The molecular weight excluding hydrogens is 304 g/mol. The van der Waals surface area contributed by atoms with Gasteiger partial charge in [0.2, 0.25) is 5.91 Å². The molecule has 6 heteroatoms. The smallest absolute Gasteiger partial charge is 0.223 e. The predicted molar refractivity (Wildman–Crippen MR) is 90.6 cm³/mol. The quantitative estimate of drug-likeness (QED) is 0.904. The average molecular weight is 332 g/mol. The third-order valence-corrected chi connectivity index (χ3v) is 5.68. The van der Waals surface area contributed by atoms with Crippen LogP contribution < -0.4 is 5.32 Å². The van der Waals surface area contributed by atoms with Crippen molar-refractivity contribution in [1.82, 2.24) is 20.0 Å². The van der Waals surface area contributed by atoms with Crippen LogP contribution in [0.4, 0.5) is 0 Å². The second-order valence-corrected chi connectivity index (χ2v) is 7.75. The number of nitrogens with zero attached hydrogens (tertiary/aromatic N) is 3.